The smallest absolute Gasteiger partial charge is 0.254 e. The summed E-state index contributed by atoms with van der Waals surface area (Å²) in [6, 6.07) is 15.9. The summed E-state index contributed by atoms with van der Waals surface area (Å²) in [7, 11) is 0. The van der Waals surface area contributed by atoms with Gasteiger partial charge in [-0.1, -0.05) is 48.9 Å². The fourth-order valence-electron chi connectivity index (χ4n) is 5.12. The molecule has 5 rings (SSSR count). The molecule has 3 heterocycles. The maximum atomic E-state index is 13.6. The van der Waals surface area contributed by atoms with Gasteiger partial charge in [-0.2, -0.15) is 0 Å². The number of hydrogen-bond donors (Lipinski definition) is 1. The molecule has 0 radical (unpaired) electrons. The van der Waals surface area contributed by atoms with Crippen molar-refractivity contribution < 1.29 is 9.59 Å². The molecule has 2 aliphatic heterocycles. The van der Waals surface area contributed by atoms with Crippen LogP contribution in [0.1, 0.15) is 43.0 Å². The number of nitrogens with one attached hydrogen (secondary N) is 1. The molecule has 0 saturated carbocycles. The largest absolute Gasteiger partial charge is 0.356 e. The molecule has 30 heavy (non-hydrogen) atoms. The summed E-state index contributed by atoms with van der Waals surface area (Å²) in [6.45, 7) is 5.12. The van der Waals surface area contributed by atoms with Crippen molar-refractivity contribution >= 4 is 34.3 Å². The molecule has 1 N–H and O–H groups in total. The number of rotatable bonds is 3. The fraction of sp³-hybridized carbons (Fsp3) is 0.333. The number of amides is 2. The molecule has 0 aliphatic carbocycles. The molecule has 5 nitrogen and oxygen atoms in total. The van der Waals surface area contributed by atoms with Gasteiger partial charge < -0.3 is 14.8 Å². The molecule has 0 unspecified atom stereocenters. The second-order valence-corrected chi connectivity index (χ2v) is 8.80. The van der Waals surface area contributed by atoms with Gasteiger partial charge in [0.2, 0.25) is 5.91 Å². The van der Waals surface area contributed by atoms with Crippen LogP contribution in [0.4, 0.5) is 0 Å². The topological polar surface area (TPSA) is 56.4 Å². The Morgan fingerprint density at radius 2 is 1.87 bits per heavy atom. The second-order valence-electron chi connectivity index (χ2n) is 8.37. The van der Waals surface area contributed by atoms with Gasteiger partial charge >= 0.3 is 0 Å². The third kappa shape index (κ3) is 2.61. The van der Waals surface area contributed by atoms with E-state index >= 15 is 0 Å². The molecule has 0 spiro atoms. The van der Waals surface area contributed by atoms with E-state index < -0.39 is 5.54 Å². The van der Waals surface area contributed by atoms with Crippen LogP contribution >= 0.6 is 11.6 Å². The predicted molar refractivity (Wildman–Crippen MR) is 118 cm³/mol. The molecular formula is C24H24ClN3O2. The van der Waals surface area contributed by atoms with E-state index in [2.05, 4.69) is 11.1 Å². The molecule has 2 aromatic carbocycles. The summed E-state index contributed by atoms with van der Waals surface area (Å²) in [5.41, 5.74) is 2.98. The minimum absolute atomic E-state index is 0.00572. The average Bonchev–Trinajstić information content (AvgIpc) is 3.14. The van der Waals surface area contributed by atoms with Crippen LogP contribution in [0.3, 0.4) is 0 Å². The highest BCUT2D eigenvalue weighted by atomic mass is 35.5. The van der Waals surface area contributed by atoms with Crippen LogP contribution in [0.25, 0.3) is 10.9 Å². The van der Waals surface area contributed by atoms with Gasteiger partial charge in [0, 0.05) is 34.9 Å². The number of aromatic nitrogens is 1. The summed E-state index contributed by atoms with van der Waals surface area (Å²) in [5, 5.41) is 1.78. The first-order valence-electron chi connectivity index (χ1n) is 10.4. The van der Waals surface area contributed by atoms with Gasteiger partial charge in [-0.15, -0.1) is 0 Å². The minimum Gasteiger partial charge on any atom is -0.356 e. The van der Waals surface area contributed by atoms with E-state index in [0.29, 0.717) is 18.1 Å². The lowest BCUT2D eigenvalue weighted by Gasteiger charge is -2.51. The van der Waals surface area contributed by atoms with Gasteiger partial charge in [0.1, 0.15) is 0 Å². The Hall–Kier alpha value is -2.79. The van der Waals surface area contributed by atoms with Crippen molar-refractivity contribution in [3.05, 3.63) is 70.4 Å². The third-order valence-electron chi connectivity index (χ3n) is 6.58. The van der Waals surface area contributed by atoms with Gasteiger partial charge in [0.25, 0.3) is 5.91 Å². The van der Waals surface area contributed by atoms with E-state index in [1.165, 1.54) is 0 Å². The average molecular weight is 422 g/mol. The highest BCUT2D eigenvalue weighted by Crippen LogP contribution is 2.48. The van der Waals surface area contributed by atoms with Crippen LogP contribution in [-0.4, -0.2) is 46.2 Å². The standard InChI is InChI=1S/C24H24ClN3O2/c1-3-12-27-14-20(29)28-13-18(15-8-10-16(25)11-9-15)21-17-6-4-5-7-19(17)26-22(21)24(28,2)23(27)30/h4-11,18,26H,3,12-14H2,1-2H3/t18-,24+/m1/s1. The number of carbonyl (C=O) groups excluding carboxylic acids is 2. The summed E-state index contributed by atoms with van der Waals surface area (Å²) >= 11 is 6.12. The van der Waals surface area contributed by atoms with E-state index in [9.17, 15) is 9.59 Å². The van der Waals surface area contributed by atoms with Crippen LogP contribution in [0.2, 0.25) is 5.02 Å². The number of aromatic amines is 1. The molecule has 154 valence electrons. The van der Waals surface area contributed by atoms with Crippen LogP contribution in [0, 0.1) is 0 Å². The first-order valence-corrected chi connectivity index (χ1v) is 10.8. The first kappa shape index (κ1) is 19.2. The lowest BCUT2D eigenvalue weighted by Crippen LogP contribution is -2.67. The zero-order valence-electron chi connectivity index (χ0n) is 17.1. The molecule has 0 bridgehead atoms. The number of piperazine rings is 1. The van der Waals surface area contributed by atoms with Crippen LogP contribution in [0.5, 0.6) is 0 Å². The Kier molecular flexibility index (Phi) is 4.40. The summed E-state index contributed by atoms with van der Waals surface area (Å²) in [5.74, 6) is -0.0453. The Morgan fingerprint density at radius 1 is 1.13 bits per heavy atom. The number of nitrogens with zero attached hydrogens (tertiary/aromatic N) is 2. The van der Waals surface area contributed by atoms with Crippen molar-refractivity contribution in [2.75, 3.05) is 19.6 Å². The van der Waals surface area contributed by atoms with E-state index in [1.54, 1.807) is 9.80 Å². The van der Waals surface area contributed by atoms with E-state index in [1.807, 2.05) is 56.3 Å². The van der Waals surface area contributed by atoms with E-state index in [4.69, 9.17) is 11.6 Å². The minimum atomic E-state index is -1.03. The zero-order chi connectivity index (χ0) is 21.0. The molecule has 2 amide bonds. The van der Waals surface area contributed by atoms with E-state index in [0.717, 1.165) is 34.1 Å². The Balaban J connectivity index is 1.76. The SMILES string of the molecule is CCCN1CC(=O)N2C[C@H](c3ccc(Cl)cc3)c3c([nH]c4ccccc34)[C@@]2(C)C1=O. The molecule has 1 fully saturated rings. The highest BCUT2D eigenvalue weighted by Gasteiger charge is 2.55. The van der Waals surface area contributed by atoms with E-state index in [-0.39, 0.29) is 24.3 Å². The molecule has 3 aromatic rings. The normalized spacial score (nSPS) is 23.6. The summed E-state index contributed by atoms with van der Waals surface area (Å²) in [4.78, 5) is 33.9. The zero-order valence-corrected chi connectivity index (χ0v) is 17.9. The van der Waals surface area contributed by atoms with Crippen molar-refractivity contribution in [2.24, 2.45) is 0 Å². The number of fused-ring (bicyclic) bond motifs is 5. The maximum Gasteiger partial charge on any atom is 0.254 e. The van der Waals surface area contributed by atoms with Crippen molar-refractivity contribution in [3.63, 3.8) is 0 Å². The fourth-order valence-corrected chi connectivity index (χ4v) is 5.25. The van der Waals surface area contributed by atoms with Gasteiger partial charge in [-0.3, -0.25) is 9.59 Å². The van der Waals surface area contributed by atoms with Crippen LogP contribution in [0.15, 0.2) is 48.5 Å². The highest BCUT2D eigenvalue weighted by molar-refractivity contribution is 6.30. The monoisotopic (exact) mass is 421 g/mol. The summed E-state index contributed by atoms with van der Waals surface area (Å²) in [6.07, 6.45) is 0.821. The second kappa shape index (κ2) is 6.88. The summed E-state index contributed by atoms with van der Waals surface area (Å²) < 4.78 is 0. The third-order valence-corrected chi connectivity index (χ3v) is 6.84. The quantitative estimate of drug-likeness (QED) is 0.686. The van der Waals surface area contributed by atoms with Crippen molar-refractivity contribution in [3.8, 4) is 0 Å². The molecule has 2 atom stereocenters. The number of para-hydroxylation sites is 1. The van der Waals surface area contributed by atoms with Crippen molar-refractivity contribution in [1.82, 2.24) is 14.8 Å². The Morgan fingerprint density at radius 3 is 2.60 bits per heavy atom. The lowest BCUT2D eigenvalue weighted by molar-refractivity contribution is -0.166. The molecule has 1 saturated heterocycles. The number of H-pyrrole nitrogens is 1. The lowest BCUT2D eigenvalue weighted by atomic mass is 9.76. The molecule has 2 aliphatic rings. The molecule has 6 heteroatoms. The van der Waals surface area contributed by atoms with Crippen molar-refractivity contribution in [2.45, 2.75) is 31.7 Å². The Labute approximate surface area is 180 Å². The van der Waals surface area contributed by atoms with Gasteiger partial charge in [0.05, 0.1) is 12.2 Å². The number of halogens is 1. The Bertz CT molecular complexity index is 1150. The van der Waals surface area contributed by atoms with Gasteiger partial charge in [-0.05, 0) is 42.7 Å². The predicted octanol–water partition coefficient (Wildman–Crippen LogP) is 4.26. The van der Waals surface area contributed by atoms with Crippen molar-refractivity contribution in [1.29, 1.82) is 0 Å². The molecule has 1 aromatic heterocycles. The molecular weight excluding hydrogens is 398 g/mol. The number of hydrogen-bond acceptors (Lipinski definition) is 2. The number of carbonyl (C=O) groups is 2. The first-order chi connectivity index (χ1) is 14.4. The maximum absolute atomic E-state index is 13.6. The van der Waals surface area contributed by atoms with Gasteiger partial charge in [0.15, 0.2) is 5.54 Å². The van der Waals surface area contributed by atoms with Gasteiger partial charge in [-0.25, -0.2) is 0 Å². The number of benzene rings is 2. The van der Waals surface area contributed by atoms with Crippen LogP contribution < -0.4 is 0 Å². The van der Waals surface area contributed by atoms with Crippen LogP contribution in [-0.2, 0) is 15.1 Å².